The molecule has 3 aromatic rings. The summed E-state index contributed by atoms with van der Waals surface area (Å²) in [5, 5.41) is 21.6. The number of nitro groups is 1. The molecule has 1 aromatic carbocycles. The minimum absolute atomic E-state index is 0.0940. The Hall–Kier alpha value is -2.39. The van der Waals surface area contributed by atoms with E-state index >= 15 is 0 Å². The van der Waals surface area contributed by atoms with E-state index in [0.29, 0.717) is 22.3 Å². The van der Waals surface area contributed by atoms with Crippen LogP contribution in [0.4, 0.5) is 5.69 Å². The molecule has 0 saturated carbocycles. The van der Waals surface area contributed by atoms with Gasteiger partial charge < -0.3 is 5.84 Å². The molecule has 0 spiro atoms. The number of nitrogen functional groups attached to an aromatic ring is 1. The molecule has 7 nitrogen and oxygen atoms in total. The van der Waals surface area contributed by atoms with Crippen molar-refractivity contribution in [1.29, 1.82) is 0 Å². The Bertz CT molecular complexity index is 801. The largest absolute Gasteiger partial charge is 0.335 e. The maximum atomic E-state index is 11.0. The quantitative estimate of drug-likeness (QED) is 0.333. The fourth-order valence-electron chi connectivity index (χ4n) is 1.90. The zero-order valence-electron chi connectivity index (χ0n) is 11.2. The van der Waals surface area contributed by atoms with E-state index in [2.05, 4.69) is 10.2 Å². The summed E-state index contributed by atoms with van der Waals surface area (Å²) in [6, 6.07) is 10.5. The van der Waals surface area contributed by atoms with Gasteiger partial charge >= 0.3 is 0 Å². The molecule has 0 amide bonds. The minimum Gasteiger partial charge on any atom is -0.335 e. The predicted octanol–water partition coefficient (Wildman–Crippen LogP) is 2.92. The first-order chi connectivity index (χ1) is 10.7. The summed E-state index contributed by atoms with van der Waals surface area (Å²) < 4.78 is 1.41. The number of thioether (sulfide) groups is 1. The normalized spacial score (nSPS) is 10.7. The van der Waals surface area contributed by atoms with Crippen molar-refractivity contribution in [2.45, 2.75) is 10.9 Å². The fourth-order valence-corrected chi connectivity index (χ4v) is 3.46. The molecule has 0 bridgehead atoms. The molecular weight excluding hydrogens is 322 g/mol. The van der Waals surface area contributed by atoms with Gasteiger partial charge in [-0.25, -0.2) is 4.68 Å². The summed E-state index contributed by atoms with van der Waals surface area (Å²) >= 11 is 2.84. The highest BCUT2D eigenvalue weighted by molar-refractivity contribution is 7.98. The van der Waals surface area contributed by atoms with Crippen LogP contribution in [0.25, 0.3) is 10.7 Å². The van der Waals surface area contributed by atoms with Crippen molar-refractivity contribution in [2.24, 2.45) is 0 Å². The molecule has 0 fully saturated rings. The van der Waals surface area contributed by atoms with E-state index in [-0.39, 0.29) is 10.6 Å². The molecule has 2 N–H and O–H groups in total. The number of aromatic nitrogens is 3. The smallest absolute Gasteiger partial charge is 0.273 e. The maximum absolute atomic E-state index is 11.0. The van der Waals surface area contributed by atoms with Crippen LogP contribution >= 0.6 is 23.1 Å². The van der Waals surface area contributed by atoms with Gasteiger partial charge in [0, 0.05) is 17.4 Å². The highest BCUT2D eigenvalue weighted by atomic mass is 32.2. The second kappa shape index (κ2) is 6.16. The molecule has 22 heavy (non-hydrogen) atoms. The van der Waals surface area contributed by atoms with Crippen molar-refractivity contribution >= 4 is 28.8 Å². The minimum atomic E-state index is -0.389. The number of para-hydroxylation sites is 1. The number of hydrogen-bond acceptors (Lipinski definition) is 7. The number of nitrogens with two attached hydrogens (primary N) is 1. The van der Waals surface area contributed by atoms with Gasteiger partial charge in [0.1, 0.15) is 0 Å². The number of nitrogens with zero attached hydrogens (tertiary/aromatic N) is 4. The van der Waals surface area contributed by atoms with Crippen LogP contribution in [0.5, 0.6) is 0 Å². The Kier molecular flexibility index (Phi) is 4.07. The second-order valence-corrected chi connectivity index (χ2v) is 6.22. The molecule has 0 aliphatic carbocycles. The van der Waals surface area contributed by atoms with Crippen LogP contribution in [-0.4, -0.2) is 19.8 Å². The number of rotatable bonds is 5. The number of hydrogen-bond donors (Lipinski definition) is 1. The highest BCUT2D eigenvalue weighted by Crippen LogP contribution is 2.29. The van der Waals surface area contributed by atoms with Gasteiger partial charge in [-0.15, -0.1) is 21.5 Å². The van der Waals surface area contributed by atoms with Gasteiger partial charge in [0.2, 0.25) is 5.16 Å². The van der Waals surface area contributed by atoms with Gasteiger partial charge in [0.05, 0.1) is 9.80 Å². The third-order valence-electron chi connectivity index (χ3n) is 2.95. The Labute approximate surface area is 133 Å². The van der Waals surface area contributed by atoms with Gasteiger partial charge in [-0.3, -0.25) is 10.1 Å². The van der Waals surface area contributed by atoms with Crippen LogP contribution in [0.3, 0.4) is 0 Å². The maximum Gasteiger partial charge on any atom is 0.273 e. The van der Waals surface area contributed by atoms with E-state index in [9.17, 15) is 10.1 Å². The Morgan fingerprint density at radius 1 is 1.27 bits per heavy atom. The number of benzene rings is 1. The van der Waals surface area contributed by atoms with Crippen molar-refractivity contribution in [3.05, 3.63) is 57.5 Å². The van der Waals surface area contributed by atoms with E-state index < -0.39 is 0 Å². The van der Waals surface area contributed by atoms with Crippen LogP contribution in [0.15, 0.2) is 46.9 Å². The van der Waals surface area contributed by atoms with Crippen LogP contribution in [-0.2, 0) is 5.75 Å². The van der Waals surface area contributed by atoms with Gasteiger partial charge in [-0.2, -0.15) is 0 Å². The lowest BCUT2D eigenvalue weighted by molar-refractivity contribution is -0.385. The lowest BCUT2D eigenvalue weighted by Gasteiger charge is -2.03. The summed E-state index contributed by atoms with van der Waals surface area (Å²) in [6.45, 7) is 0. The molecule has 0 aliphatic rings. The lowest BCUT2D eigenvalue weighted by Crippen LogP contribution is -2.11. The zero-order valence-corrected chi connectivity index (χ0v) is 12.9. The molecular formula is C13H11N5O2S2. The summed E-state index contributed by atoms with van der Waals surface area (Å²) in [7, 11) is 0. The topological polar surface area (TPSA) is 99.9 Å². The van der Waals surface area contributed by atoms with E-state index in [1.807, 2.05) is 17.5 Å². The molecule has 9 heteroatoms. The summed E-state index contributed by atoms with van der Waals surface area (Å²) in [4.78, 5) is 11.5. The van der Waals surface area contributed by atoms with Gasteiger partial charge in [-0.05, 0) is 11.4 Å². The first kappa shape index (κ1) is 14.5. The summed E-state index contributed by atoms with van der Waals surface area (Å²) in [5.41, 5.74) is 0.717. The summed E-state index contributed by atoms with van der Waals surface area (Å²) in [6.07, 6.45) is 0. The zero-order chi connectivity index (χ0) is 15.5. The Morgan fingerprint density at radius 2 is 2.09 bits per heavy atom. The Balaban J connectivity index is 1.80. The van der Waals surface area contributed by atoms with Crippen molar-refractivity contribution in [3.8, 4) is 10.7 Å². The van der Waals surface area contributed by atoms with Crippen LogP contribution in [0.1, 0.15) is 5.56 Å². The highest BCUT2D eigenvalue weighted by Gasteiger charge is 2.16. The Morgan fingerprint density at radius 3 is 2.82 bits per heavy atom. The molecule has 0 aliphatic heterocycles. The van der Waals surface area contributed by atoms with E-state index in [1.165, 1.54) is 33.8 Å². The number of nitro benzene ring substituents is 1. The molecule has 0 unspecified atom stereocenters. The average Bonchev–Trinajstić information content (AvgIpc) is 3.15. The second-order valence-electron chi connectivity index (χ2n) is 4.33. The van der Waals surface area contributed by atoms with Crippen LogP contribution in [0.2, 0.25) is 0 Å². The van der Waals surface area contributed by atoms with Crippen LogP contribution in [0, 0.1) is 10.1 Å². The summed E-state index contributed by atoms with van der Waals surface area (Å²) in [5.74, 6) is 6.98. The fraction of sp³-hybridized carbons (Fsp3) is 0.0769. The number of thiophene rings is 1. The monoisotopic (exact) mass is 333 g/mol. The first-order valence-corrected chi connectivity index (χ1v) is 8.13. The first-order valence-electron chi connectivity index (χ1n) is 6.26. The van der Waals surface area contributed by atoms with E-state index in [0.717, 1.165) is 4.88 Å². The van der Waals surface area contributed by atoms with Crippen molar-refractivity contribution in [1.82, 2.24) is 14.9 Å². The van der Waals surface area contributed by atoms with Gasteiger partial charge in [0.15, 0.2) is 5.82 Å². The van der Waals surface area contributed by atoms with Crippen LogP contribution < -0.4 is 5.84 Å². The molecule has 0 radical (unpaired) electrons. The molecule has 2 aromatic heterocycles. The van der Waals surface area contributed by atoms with Crippen molar-refractivity contribution in [2.75, 3.05) is 5.84 Å². The average molecular weight is 333 g/mol. The van der Waals surface area contributed by atoms with E-state index in [4.69, 9.17) is 5.84 Å². The van der Waals surface area contributed by atoms with Crippen molar-refractivity contribution < 1.29 is 4.92 Å². The van der Waals surface area contributed by atoms with E-state index in [1.54, 1.807) is 18.2 Å². The third-order valence-corrected chi connectivity index (χ3v) is 4.81. The molecule has 112 valence electrons. The predicted molar refractivity (Wildman–Crippen MR) is 86.1 cm³/mol. The van der Waals surface area contributed by atoms with Crippen molar-refractivity contribution in [3.63, 3.8) is 0 Å². The van der Waals surface area contributed by atoms with Gasteiger partial charge in [-0.1, -0.05) is 36.0 Å². The van der Waals surface area contributed by atoms with Gasteiger partial charge in [0.25, 0.3) is 5.69 Å². The molecule has 0 saturated heterocycles. The standard InChI is InChI=1S/C13H11N5O2S2/c14-17-12(11-6-3-7-21-11)15-16-13(17)22-8-9-4-1-2-5-10(9)18(19)20/h1-7H,8,14H2. The lowest BCUT2D eigenvalue weighted by atomic mass is 10.2. The SMILES string of the molecule is Nn1c(SCc2ccccc2[N+](=O)[O-])nnc1-c1cccs1. The molecule has 0 atom stereocenters. The third kappa shape index (κ3) is 2.81. The molecule has 2 heterocycles. The molecule has 3 rings (SSSR count).